The summed E-state index contributed by atoms with van der Waals surface area (Å²) in [6.45, 7) is 3.12. The highest BCUT2D eigenvalue weighted by Gasteiger charge is 1.96. The third kappa shape index (κ3) is 4.69. The predicted molar refractivity (Wildman–Crippen MR) is 43.4 cm³/mol. The first-order valence-electron chi connectivity index (χ1n) is 3.62. The van der Waals surface area contributed by atoms with Crippen LogP contribution in [0, 0.1) is 0 Å². The van der Waals surface area contributed by atoms with E-state index in [0.29, 0.717) is 13.3 Å². The zero-order valence-electron chi connectivity index (χ0n) is 6.64. The molecule has 4 nitrogen and oxygen atoms in total. The smallest absolute Gasteiger partial charge is 0.0467 e. The Labute approximate surface area is 62.6 Å². The zero-order valence-corrected chi connectivity index (χ0v) is 6.64. The van der Waals surface area contributed by atoms with E-state index in [-0.39, 0.29) is 0 Å². The van der Waals surface area contributed by atoms with Crippen molar-refractivity contribution in [2.75, 3.05) is 33.5 Å². The molecule has 62 valence electrons. The molecule has 5 N–H and O–H groups in total. The maximum Gasteiger partial charge on any atom is 0.0467 e. The molecule has 0 aromatic heterocycles. The second kappa shape index (κ2) is 6.95. The molecule has 0 aliphatic heterocycles. The minimum atomic E-state index is 0.556. The van der Waals surface area contributed by atoms with Crippen molar-refractivity contribution in [3.63, 3.8) is 0 Å². The quantitative estimate of drug-likeness (QED) is 0.323. The topological polar surface area (TPSA) is 67.3 Å². The standard InChI is InChI=1S/C6H18N4/c1-9-3-2-4-10(5-7)6-8/h9H,2-8H2,1H3. The molecule has 0 aliphatic rings. The third-order valence-electron chi connectivity index (χ3n) is 1.42. The molecule has 0 heterocycles. The molecule has 0 fully saturated rings. The van der Waals surface area contributed by atoms with Gasteiger partial charge in [-0.2, -0.15) is 0 Å². The molecule has 10 heavy (non-hydrogen) atoms. The number of nitrogens with zero attached hydrogens (tertiary/aromatic N) is 1. The van der Waals surface area contributed by atoms with E-state index < -0.39 is 0 Å². The van der Waals surface area contributed by atoms with Crippen molar-refractivity contribution in [3.8, 4) is 0 Å². The van der Waals surface area contributed by atoms with Gasteiger partial charge in [-0.3, -0.25) is 4.90 Å². The molecule has 0 aromatic carbocycles. The first-order chi connectivity index (χ1) is 4.85. The van der Waals surface area contributed by atoms with Crippen LogP contribution in [0.5, 0.6) is 0 Å². The van der Waals surface area contributed by atoms with Gasteiger partial charge in [0.05, 0.1) is 0 Å². The van der Waals surface area contributed by atoms with E-state index in [4.69, 9.17) is 11.5 Å². The average molecular weight is 146 g/mol. The Morgan fingerprint density at radius 2 is 1.90 bits per heavy atom. The number of hydrogen-bond donors (Lipinski definition) is 3. The molecule has 0 rings (SSSR count). The highest BCUT2D eigenvalue weighted by molar-refractivity contribution is 4.51. The molecule has 0 saturated heterocycles. The average Bonchev–Trinajstić information content (AvgIpc) is 1.99. The van der Waals surface area contributed by atoms with Gasteiger partial charge in [-0.25, -0.2) is 0 Å². The fourth-order valence-corrected chi connectivity index (χ4v) is 0.737. The van der Waals surface area contributed by atoms with Crippen LogP contribution in [-0.2, 0) is 0 Å². The van der Waals surface area contributed by atoms with E-state index in [2.05, 4.69) is 5.32 Å². The Balaban J connectivity index is 3.09. The maximum atomic E-state index is 5.39. The molecule has 0 bridgehead atoms. The van der Waals surface area contributed by atoms with Gasteiger partial charge < -0.3 is 16.8 Å². The number of hydrogen-bond acceptors (Lipinski definition) is 4. The first kappa shape index (κ1) is 9.84. The Hall–Kier alpha value is -0.160. The van der Waals surface area contributed by atoms with Crippen molar-refractivity contribution in [2.45, 2.75) is 6.42 Å². The van der Waals surface area contributed by atoms with E-state index in [1.165, 1.54) is 0 Å². The summed E-state index contributed by atoms with van der Waals surface area (Å²) in [4.78, 5) is 2.00. The summed E-state index contributed by atoms with van der Waals surface area (Å²) in [6, 6.07) is 0. The summed E-state index contributed by atoms with van der Waals surface area (Å²) in [7, 11) is 1.94. The first-order valence-corrected chi connectivity index (χ1v) is 3.62. The predicted octanol–water partition coefficient (Wildman–Crippen LogP) is -1.27. The molecule has 0 amide bonds. The van der Waals surface area contributed by atoms with Crippen LogP contribution in [0.4, 0.5) is 0 Å². The summed E-state index contributed by atoms with van der Waals surface area (Å²) < 4.78 is 0. The lowest BCUT2D eigenvalue weighted by molar-refractivity contribution is 0.285. The molecule has 0 atom stereocenters. The highest BCUT2D eigenvalue weighted by Crippen LogP contribution is 1.83. The molecule has 0 aliphatic carbocycles. The van der Waals surface area contributed by atoms with Crippen LogP contribution < -0.4 is 16.8 Å². The van der Waals surface area contributed by atoms with Crippen molar-refractivity contribution in [3.05, 3.63) is 0 Å². The second-order valence-electron chi connectivity index (χ2n) is 2.22. The van der Waals surface area contributed by atoms with Crippen molar-refractivity contribution in [1.29, 1.82) is 0 Å². The Kier molecular flexibility index (Phi) is 6.84. The largest absolute Gasteiger partial charge is 0.320 e. The van der Waals surface area contributed by atoms with Crippen LogP contribution in [0.2, 0.25) is 0 Å². The lowest BCUT2D eigenvalue weighted by Gasteiger charge is -2.16. The zero-order chi connectivity index (χ0) is 7.82. The second-order valence-corrected chi connectivity index (χ2v) is 2.22. The fourth-order valence-electron chi connectivity index (χ4n) is 0.737. The van der Waals surface area contributed by atoms with Crippen LogP contribution in [0.25, 0.3) is 0 Å². The van der Waals surface area contributed by atoms with Gasteiger partial charge in [0.25, 0.3) is 0 Å². The van der Waals surface area contributed by atoms with E-state index in [9.17, 15) is 0 Å². The summed E-state index contributed by atoms with van der Waals surface area (Å²) in [6.07, 6.45) is 1.10. The van der Waals surface area contributed by atoms with Gasteiger partial charge in [-0.15, -0.1) is 0 Å². The van der Waals surface area contributed by atoms with Crippen LogP contribution in [0.3, 0.4) is 0 Å². The fraction of sp³-hybridized carbons (Fsp3) is 1.00. The number of rotatable bonds is 6. The molecule has 0 aromatic rings. The molecule has 0 saturated carbocycles. The highest BCUT2D eigenvalue weighted by atomic mass is 15.2. The van der Waals surface area contributed by atoms with Gasteiger partial charge >= 0.3 is 0 Å². The third-order valence-corrected chi connectivity index (χ3v) is 1.42. The molecular formula is C6H18N4. The Bertz CT molecular complexity index is 62.8. The molecule has 0 spiro atoms. The summed E-state index contributed by atoms with van der Waals surface area (Å²) in [5.74, 6) is 0. The van der Waals surface area contributed by atoms with Crippen LogP contribution >= 0.6 is 0 Å². The summed E-state index contributed by atoms with van der Waals surface area (Å²) in [5.41, 5.74) is 10.8. The van der Waals surface area contributed by atoms with Gasteiger partial charge in [-0.1, -0.05) is 0 Å². The summed E-state index contributed by atoms with van der Waals surface area (Å²) in [5, 5.41) is 3.06. The van der Waals surface area contributed by atoms with Crippen molar-refractivity contribution < 1.29 is 0 Å². The van der Waals surface area contributed by atoms with Gasteiger partial charge in [0.2, 0.25) is 0 Å². The SMILES string of the molecule is CNCCCN(CN)CN. The minimum absolute atomic E-state index is 0.556. The van der Waals surface area contributed by atoms with Crippen molar-refractivity contribution in [1.82, 2.24) is 10.2 Å². The van der Waals surface area contributed by atoms with E-state index in [1.54, 1.807) is 0 Å². The summed E-state index contributed by atoms with van der Waals surface area (Å²) >= 11 is 0. The van der Waals surface area contributed by atoms with Gasteiger partial charge in [0.1, 0.15) is 0 Å². The maximum absolute atomic E-state index is 5.39. The lowest BCUT2D eigenvalue weighted by Crippen LogP contribution is -2.36. The Morgan fingerprint density at radius 3 is 2.30 bits per heavy atom. The van der Waals surface area contributed by atoms with Gasteiger partial charge in [0.15, 0.2) is 0 Å². The van der Waals surface area contributed by atoms with Crippen LogP contribution in [0.15, 0.2) is 0 Å². The molecule has 0 radical (unpaired) electrons. The normalized spacial score (nSPS) is 10.8. The number of nitrogens with two attached hydrogens (primary N) is 2. The van der Waals surface area contributed by atoms with Crippen LogP contribution in [-0.4, -0.2) is 38.4 Å². The van der Waals surface area contributed by atoms with Crippen LogP contribution in [0.1, 0.15) is 6.42 Å². The van der Waals surface area contributed by atoms with Gasteiger partial charge in [-0.05, 0) is 20.0 Å². The molecular weight excluding hydrogens is 128 g/mol. The minimum Gasteiger partial charge on any atom is -0.320 e. The van der Waals surface area contributed by atoms with E-state index >= 15 is 0 Å². The number of nitrogens with one attached hydrogen (secondary N) is 1. The van der Waals surface area contributed by atoms with Crippen molar-refractivity contribution >= 4 is 0 Å². The Morgan fingerprint density at radius 1 is 1.30 bits per heavy atom. The monoisotopic (exact) mass is 146 g/mol. The molecule has 0 unspecified atom stereocenters. The molecule has 4 heteroatoms. The van der Waals surface area contributed by atoms with E-state index in [1.807, 2.05) is 11.9 Å². The van der Waals surface area contributed by atoms with E-state index in [0.717, 1.165) is 19.5 Å². The van der Waals surface area contributed by atoms with Crippen molar-refractivity contribution in [2.24, 2.45) is 11.5 Å². The van der Waals surface area contributed by atoms with Gasteiger partial charge in [0, 0.05) is 19.9 Å². The lowest BCUT2D eigenvalue weighted by atomic mass is 10.4.